The fraction of sp³-hybridized carbons (Fsp3) is 0.364. The maximum Gasteiger partial charge on any atom is 0.239 e. The number of nitrogens with one attached hydrogen (secondary N) is 2. The summed E-state index contributed by atoms with van der Waals surface area (Å²) in [6.45, 7) is 3.89. The van der Waals surface area contributed by atoms with Crippen molar-refractivity contribution in [3.63, 3.8) is 0 Å². The molecule has 0 aliphatic rings. The minimum Gasteiger partial charge on any atom is -0.389 e. The number of aryl methyl sites for hydroxylation is 2. The van der Waals surface area contributed by atoms with Gasteiger partial charge in [0.15, 0.2) is 0 Å². The smallest absolute Gasteiger partial charge is 0.239 e. The van der Waals surface area contributed by atoms with Crippen molar-refractivity contribution in [3.8, 4) is 0 Å². The summed E-state index contributed by atoms with van der Waals surface area (Å²) in [6.07, 6.45) is 0. The van der Waals surface area contributed by atoms with Crippen molar-refractivity contribution < 1.29 is 4.79 Å². The molecule has 1 heterocycles. The molecule has 0 atom stereocenters. The number of anilines is 1. The molecule has 0 aliphatic heterocycles. The standard InChI is InChI=1S/C11H16N4OS/c1-6-4-8(14-5-9(16)13-3)10(11(12)17)7(2)15-6/h4H,5H2,1-3H3,(H2,12,17)(H,13,16)(H,14,15). The number of nitrogens with two attached hydrogens (primary N) is 1. The van der Waals surface area contributed by atoms with Crippen LogP contribution in [0.4, 0.5) is 5.69 Å². The lowest BCUT2D eigenvalue weighted by molar-refractivity contribution is -0.118. The molecule has 0 saturated heterocycles. The van der Waals surface area contributed by atoms with Crippen LogP contribution in [0.5, 0.6) is 0 Å². The summed E-state index contributed by atoms with van der Waals surface area (Å²) < 4.78 is 0. The Balaban J connectivity index is 3.04. The van der Waals surface area contributed by atoms with E-state index in [2.05, 4.69) is 15.6 Å². The van der Waals surface area contributed by atoms with Crippen LogP contribution in [0.3, 0.4) is 0 Å². The summed E-state index contributed by atoms with van der Waals surface area (Å²) in [4.78, 5) is 15.8. The molecular weight excluding hydrogens is 236 g/mol. The van der Waals surface area contributed by atoms with E-state index in [9.17, 15) is 4.79 Å². The average molecular weight is 252 g/mol. The molecule has 5 nitrogen and oxygen atoms in total. The lowest BCUT2D eigenvalue weighted by atomic mass is 10.1. The number of rotatable bonds is 4. The monoisotopic (exact) mass is 252 g/mol. The van der Waals surface area contributed by atoms with Crippen LogP contribution in [0.15, 0.2) is 6.07 Å². The fourth-order valence-electron chi connectivity index (χ4n) is 1.54. The van der Waals surface area contributed by atoms with Gasteiger partial charge in [-0.05, 0) is 19.9 Å². The normalized spacial score (nSPS) is 9.82. The number of aromatic nitrogens is 1. The van der Waals surface area contributed by atoms with Gasteiger partial charge in [-0.1, -0.05) is 12.2 Å². The molecule has 0 unspecified atom stereocenters. The van der Waals surface area contributed by atoms with Crippen LogP contribution in [-0.2, 0) is 4.79 Å². The molecule has 1 rings (SSSR count). The number of carbonyl (C=O) groups is 1. The summed E-state index contributed by atoms with van der Waals surface area (Å²) >= 11 is 4.99. The van der Waals surface area contributed by atoms with Crippen molar-refractivity contribution >= 4 is 28.8 Å². The quantitative estimate of drug-likeness (QED) is 0.680. The van der Waals surface area contributed by atoms with E-state index in [4.69, 9.17) is 18.0 Å². The van der Waals surface area contributed by atoms with Gasteiger partial charge in [0, 0.05) is 24.1 Å². The first-order valence-electron chi connectivity index (χ1n) is 5.18. The molecule has 0 saturated carbocycles. The van der Waals surface area contributed by atoms with E-state index in [1.807, 2.05) is 19.9 Å². The molecule has 0 bridgehead atoms. The fourth-order valence-corrected chi connectivity index (χ4v) is 1.80. The predicted octanol–water partition coefficient (Wildman–Crippen LogP) is 0.491. The zero-order chi connectivity index (χ0) is 13.0. The first-order valence-corrected chi connectivity index (χ1v) is 5.59. The molecule has 0 aliphatic carbocycles. The van der Waals surface area contributed by atoms with E-state index in [-0.39, 0.29) is 17.4 Å². The average Bonchev–Trinajstić information content (AvgIpc) is 2.24. The minimum absolute atomic E-state index is 0.106. The Kier molecular flexibility index (Phi) is 4.39. The predicted molar refractivity (Wildman–Crippen MR) is 72.2 cm³/mol. The maximum absolute atomic E-state index is 11.2. The molecule has 1 amide bonds. The Morgan fingerprint density at radius 1 is 1.53 bits per heavy atom. The largest absolute Gasteiger partial charge is 0.389 e. The summed E-state index contributed by atoms with van der Waals surface area (Å²) in [7, 11) is 1.58. The number of hydrogen-bond acceptors (Lipinski definition) is 4. The number of thiocarbonyl (C=S) groups is 1. The SMILES string of the molecule is CNC(=O)CNc1cc(C)nc(C)c1C(N)=S. The number of likely N-dealkylation sites (N-methyl/N-ethyl adjacent to an activating group) is 1. The van der Waals surface area contributed by atoms with Crippen molar-refractivity contribution in [1.82, 2.24) is 10.3 Å². The van der Waals surface area contributed by atoms with Gasteiger partial charge in [0.25, 0.3) is 0 Å². The summed E-state index contributed by atoms with van der Waals surface area (Å²) in [5.74, 6) is -0.106. The molecule has 1 aromatic heterocycles. The summed E-state index contributed by atoms with van der Waals surface area (Å²) in [6, 6.07) is 1.82. The molecule has 4 N–H and O–H groups in total. The lowest BCUT2D eigenvalue weighted by Crippen LogP contribution is -2.27. The van der Waals surface area contributed by atoms with Crippen LogP contribution in [0, 0.1) is 13.8 Å². The first-order chi connectivity index (χ1) is 7.95. The van der Waals surface area contributed by atoms with Gasteiger partial charge >= 0.3 is 0 Å². The molecule has 92 valence electrons. The van der Waals surface area contributed by atoms with E-state index >= 15 is 0 Å². The molecule has 0 spiro atoms. The Bertz CT molecular complexity index is 459. The van der Waals surface area contributed by atoms with Crippen LogP contribution in [0.1, 0.15) is 17.0 Å². The number of nitrogens with zero attached hydrogens (tertiary/aromatic N) is 1. The van der Waals surface area contributed by atoms with Crippen LogP contribution in [0.25, 0.3) is 0 Å². The van der Waals surface area contributed by atoms with Gasteiger partial charge in [0.1, 0.15) is 4.99 Å². The van der Waals surface area contributed by atoms with E-state index in [0.29, 0.717) is 5.56 Å². The third kappa shape index (κ3) is 3.39. The van der Waals surface area contributed by atoms with Crippen LogP contribution in [-0.4, -0.2) is 29.5 Å². The topological polar surface area (TPSA) is 80.0 Å². The Labute approximate surface area is 106 Å². The third-order valence-corrected chi connectivity index (χ3v) is 2.50. The second kappa shape index (κ2) is 5.58. The Morgan fingerprint density at radius 2 is 2.18 bits per heavy atom. The van der Waals surface area contributed by atoms with Crippen LogP contribution >= 0.6 is 12.2 Å². The maximum atomic E-state index is 11.2. The van der Waals surface area contributed by atoms with Gasteiger partial charge < -0.3 is 16.4 Å². The highest BCUT2D eigenvalue weighted by molar-refractivity contribution is 7.80. The number of pyridine rings is 1. The van der Waals surface area contributed by atoms with E-state index in [1.54, 1.807) is 7.05 Å². The summed E-state index contributed by atoms with van der Waals surface area (Å²) in [5, 5.41) is 5.54. The van der Waals surface area contributed by atoms with Crippen LogP contribution in [0.2, 0.25) is 0 Å². The van der Waals surface area contributed by atoms with Gasteiger partial charge in [0.2, 0.25) is 5.91 Å². The van der Waals surface area contributed by atoms with Gasteiger partial charge in [-0.25, -0.2) is 0 Å². The highest BCUT2D eigenvalue weighted by Crippen LogP contribution is 2.19. The van der Waals surface area contributed by atoms with Gasteiger partial charge in [0.05, 0.1) is 12.1 Å². The zero-order valence-corrected chi connectivity index (χ0v) is 10.9. The van der Waals surface area contributed by atoms with Gasteiger partial charge in [-0.2, -0.15) is 0 Å². The molecule has 17 heavy (non-hydrogen) atoms. The van der Waals surface area contributed by atoms with Crippen molar-refractivity contribution in [1.29, 1.82) is 0 Å². The second-order valence-electron chi connectivity index (χ2n) is 3.66. The van der Waals surface area contributed by atoms with Crippen molar-refractivity contribution in [2.75, 3.05) is 18.9 Å². The van der Waals surface area contributed by atoms with Gasteiger partial charge in [-0.3, -0.25) is 9.78 Å². The second-order valence-corrected chi connectivity index (χ2v) is 4.10. The van der Waals surface area contributed by atoms with Crippen molar-refractivity contribution in [2.24, 2.45) is 5.73 Å². The molecular formula is C11H16N4OS. The highest BCUT2D eigenvalue weighted by Gasteiger charge is 2.11. The first kappa shape index (κ1) is 13.4. The molecule has 1 aromatic rings. The minimum atomic E-state index is -0.106. The van der Waals surface area contributed by atoms with Crippen LogP contribution < -0.4 is 16.4 Å². The Hall–Kier alpha value is -1.69. The summed E-state index contributed by atoms with van der Waals surface area (Å²) in [5.41, 5.74) is 8.70. The van der Waals surface area contributed by atoms with Gasteiger partial charge in [-0.15, -0.1) is 0 Å². The Morgan fingerprint density at radius 3 is 2.71 bits per heavy atom. The van der Waals surface area contributed by atoms with E-state index < -0.39 is 0 Å². The molecule has 0 aromatic carbocycles. The third-order valence-electron chi connectivity index (χ3n) is 2.29. The number of carbonyl (C=O) groups excluding carboxylic acids is 1. The molecule has 0 radical (unpaired) electrons. The molecule has 0 fully saturated rings. The molecule has 6 heteroatoms. The number of hydrogen-bond donors (Lipinski definition) is 3. The zero-order valence-electron chi connectivity index (χ0n) is 10.1. The lowest BCUT2D eigenvalue weighted by Gasteiger charge is -2.13. The van der Waals surface area contributed by atoms with E-state index in [0.717, 1.165) is 17.1 Å². The number of amides is 1. The van der Waals surface area contributed by atoms with E-state index in [1.165, 1.54) is 0 Å². The van der Waals surface area contributed by atoms with Crippen molar-refractivity contribution in [2.45, 2.75) is 13.8 Å². The van der Waals surface area contributed by atoms with Crippen molar-refractivity contribution in [3.05, 3.63) is 23.0 Å². The highest BCUT2D eigenvalue weighted by atomic mass is 32.1.